The van der Waals surface area contributed by atoms with Gasteiger partial charge in [0.15, 0.2) is 16.9 Å². The maximum absolute atomic E-state index is 12.7. The van der Waals surface area contributed by atoms with Gasteiger partial charge in [-0.3, -0.25) is 4.79 Å². The molecule has 0 atom stereocenters. The van der Waals surface area contributed by atoms with Gasteiger partial charge in [-0.25, -0.2) is 0 Å². The first kappa shape index (κ1) is 18.4. The van der Waals surface area contributed by atoms with E-state index in [1.807, 2.05) is 19.9 Å². The molecule has 140 valence electrons. The van der Waals surface area contributed by atoms with Gasteiger partial charge in [-0.05, 0) is 39.3 Å². The maximum atomic E-state index is 12.7. The number of phenolic OH excluding ortho intramolecular Hbond substituents is 4. The number of fused-ring (bicyclic) bond motifs is 1. The second-order valence-electron chi connectivity index (χ2n) is 6.71. The van der Waals surface area contributed by atoms with E-state index in [9.17, 15) is 25.2 Å². The highest BCUT2D eigenvalue weighted by Gasteiger charge is 2.18. The summed E-state index contributed by atoms with van der Waals surface area (Å²) in [6, 6.07) is 5.25. The van der Waals surface area contributed by atoms with E-state index >= 15 is 0 Å². The van der Waals surface area contributed by atoms with E-state index in [0.717, 1.165) is 11.6 Å². The number of phenols is 4. The smallest absolute Gasteiger partial charge is 0.199 e. The summed E-state index contributed by atoms with van der Waals surface area (Å²) in [5, 5.41) is 39.8. The summed E-state index contributed by atoms with van der Waals surface area (Å²) < 4.78 is 5.77. The molecule has 0 bridgehead atoms. The lowest BCUT2D eigenvalue weighted by Crippen LogP contribution is -2.07. The Kier molecular flexibility index (Phi) is 4.57. The number of hydrogen-bond acceptors (Lipinski definition) is 6. The summed E-state index contributed by atoms with van der Waals surface area (Å²) in [4.78, 5) is 12.7. The van der Waals surface area contributed by atoms with Crippen LogP contribution in [0, 0.1) is 6.92 Å². The molecule has 0 amide bonds. The van der Waals surface area contributed by atoms with E-state index in [1.165, 1.54) is 12.1 Å². The lowest BCUT2D eigenvalue weighted by Gasteiger charge is -2.12. The van der Waals surface area contributed by atoms with E-state index in [2.05, 4.69) is 0 Å². The van der Waals surface area contributed by atoms with Crippen molar-refractivity contribution < 1.29 is 24.8 Å². The number of allylic oxidation sites excluding steroid dienone is 2. The van der Waals surface area contributed by atoms with Gasteiger partial charge < -0.3 is 24.8 Å². The van der Waals surface area contributed by atoms with Crippen molar-refractivity contribution >= 4 is 11.0 Å². The highest BCUT2D eigenvalue weighted by atomic mass is 16.3. The van der Waals surface area contributed by atoms with Crippen molar-refractivity contribution in [3.8, 4) is 34.3 Å². The van der Waals surface area contributed by atoms with Gasteiger partial charge in [0.2, 0.25) is 0 Å². The van der Waals surface area contributed by atoms with Crippen LogP contribution in [0.5, 0.6) is 23.0 Å². The SMILES string of the molecule is CC(C)=CCc1cc(-c2oc3cc(O)cc(O)c3c(=O)c2C)cc(O)c1O. The Morgan fingerprint density at radius 1 is 1.04 bits per heavy atom. The molecule has 27 heavy (non-hydrogen) atoms. The minimum Gasteiger partial charge on any atom is -0.508 e. The van der Waals surface area contributed by atoms with Gasteiger partial charge >= 0.3 is 0 Å². The normalized spacial score (nSPS) is 10.9. The van der Waals surface area contributed by atoms with Crippen molar-refractivity contribution in [2.24, 2.45) is 0 Å². The molecule has 2 aromatic carbocycles. The van der Waals surface area contributed by atoms with Crippen LogP contribution in [0.25, 0.3) is 22.3 Å². The first-order valence-electron chi connectivity index (χ1n) is 8.37. The van der Waals surface area contributed by atoms with Gasteiger partial charge in [-0.2, -0.15) is 0 Å². The molecule has 0 saturated carbocycles. The average molecular weight is 368 g/mol. The van der Waals surface area contributed by atoms with Gasteiger partial charge in [0.25, 0.3) is 0 Å². The molecule has 0 spiro atoms. The fourth-order valence-electron chi connectivity index (χ4n) is 2.93. The summed E-state index contributed by atoms with van der Waals surface area (Å²) in [5.41, 5.74) is 1.76. The van der Waals surface area contributed by atoms with Crippen LogP contribution in [0.4, 0.5) is 0 Å². The number of benzene rings is 2. The van der Waals surface area contributed by atoms with Gasteiger partial charge in [-0.15, -0.1) is 0 Å². The van der Waals surface area contributed by atoms with Gasteiger partial charge in [-0.1, -0.05) is 11.6 Å². The van der Waals surface area contributed by atoms with Crippen LogP contribution in [-0.4, -0.2) is 20.4 Å². The van der Waals surface area contributed by atoms with Crippen molar-refractivity contribution in [2.45, 2.75) is 27.2 Å². The zero-order valence-corrected chi connectivity index (χ0v) is 15.2. The van der Waals surface area contributed by atoms with E-state index < -0.39 is 5.43 Å². The molecule has 0 radical (unpaired) electrons. The minimum atomic E-state index is -0.442. The topological polar surface area (TPSA) is 111 Å². The van der Waals surface area contributed by atoms with Crippen LogP contribution >= 0.6 is 0 Å². The van der Waals surface area contributed by atoms with Crippen molar-refractivity contribution in [1.82, 2.24) is 0 Å². The molecule has 0 unspecified atom stereocenters. The molecule has 3 rings (SSSR count). The number of rotatable bonds is 3. The zero-order valence-electron chi connectivity index (χ0n) is 15.2. The highest BCUT2D eigenvalue weighted by Crippen LogP contribution is 2.38. The Hall–Kier alpha value is -3.41. The third-order valence-corrected chi connectivity index (χ3v) is 4.35. The molecular formula is C21H20O6. The predicted molar refractivity (Wildman–Crippen MR) is 102 cm³/mol. The van der Waals surface area contributed by atoms with Crippen molar-refractivity contribution in [2.75, 3.05) is 0 Å². The number of aromatic hydroxyl groups is 4. The third kappa shape index (κ3) is 3.33. The lowest BCUT2D eigenvalue weighted by atomic mass is 10.00. The molecule has 1 heterocycles. The molecule has 6 nitrogen and oxygen atoms in total. The Morgan fingerprint density at radius 3 is 2.41 bits per heavy atom. The minimum absolute atomic E-state index is 0.0245. The molecule has 0 aliphatic heterocycles. The second-order valence-corrected chi connectivity index (χ2v) is 6.71. The first-order valence-corrected chi connectivity index (χ1v) is 8.37. The van der Waals surface area contributed by atoms with E-state index in [1.54, 1.807) is 13.0 Å². The Bertz CT molecular complexity index is 1130. The summed E-state index contributed by atoms with van der Waals surface area (Å²) in [7, 11) is 0. The fourth-order valence-corrected chi connectivity index (χ4v) is 2.93. The van der Waals surface area contributed by atoms with Gasteiger partial charge in [0.05, 0.1) is 0 Å². The van der Waals surface area contributed by atoms with Crippen LogP contribution in [0.2, 0.25) is 0 Å². The van der Waals surface area contributed by atoms with Crippen LogP contribution in [0.15, 0.2) is 45.1 Å². The molecule has 0 saturated heterocycles. The largest absolute Gasteiger partial charge is 0.508 e. The highest BCUT2D eigenvalue weighted by molar-refractivity contribution is 5.87. The molecular weight excluding hydrogens is 348 g/mol. The maximum Gasteiger partial charge on any atom is 0.199 e. The van der Waals surface area contributed by atoms with Crippen molar-refractivity contribution in [3.63, 3.8) is 0 Å². The molecule has 0 fully saturated rings. The third-order valence-electron chi connectivity index (χ3n) is 4.35. The summed E-state index contributed by atoms with van der Waals surface area (Å²) >= 11 is 0. The average Bonchev–Trinajstić information content (AvgIpc) is 2.58. The fraction of sp³-hybridized carbons (Fsp3) is 0.190. The monoisotopic (exact) mass is 368 g/mol. The van der Waals surface area contributed by atoms with Gasteiger partial charge in [0.1, 0.15) is 28.2 Å². The molecule has 6 heteroatoms. The summed E-state index contributed by atoms with van der Waals surface area (Å²) in [6.07, 6.45) is 2.30. The number of hydrogen-bond donors (Lipinski definition) is 4. The lowest BCUT2D eigenvalue weighted by molar-refractivity contribution is 0.400. The van der Waals surface area contributed by atoms with Crippen LogP contribution in [0.3, 0.4) is 0 Å². The van der Waals surface area contributed by atoms with Crippen molar-refractivity contribution in [1.29, 1.82) is 0 Å². The van der Waals surface area contributed by atoms with E-state index in [0.29, 0.717) is 17.5 Å². The Labute approximate surface area is 155 Å². The molecule has 4 N–H and O–H groups in total. The molecule has 3 aromatic rings. The summed E-state index contributed by atoms with van der Waals surface area (Å²) in [6.45, 7) is 5.39. The Balaban J connectivity index is 2.28. The van der Waals surface area contributed by atoms with Crippen molar-refractivity contribution in [3.05, 3.63) is 57.3 Å². The second kappa shape index (κ2) is 6.72. The first-order chi connectivity index (χ1) is 12.7. The summed E-state index contributed by atoms with van der Waals surface area (Å²) in [5.74, 6) is -0.980. The van der Waals surface area contributed by atoms with Crippen LogP contribution < -0.4 is 5.43 Å². The molecule has 0 aliphatic carbocycles. The van der Waals surface area contributed by atoms with Crippen LogP contribution in [0.1, 0.15) is 25.0 Å². The molecule has 0 aliphatic rings. The Morgan fingerprint density at radius 2 is 1.74 bits per heavy atom. The zero-order chi connectivity index (χ0) is 19.9. The standard InChI is InChI=1S/C21H20O6/c1-10(2)4-5-12-6-13(7-16(24)20(12)26)21-11(3)19(25)18-15(23)8-14(22)9-17(18)27-21/h4,6-9,22-24,26H,5H2,1-3H3. The molecule has 1 aromatic heterocycles. The quantitative estimate of drug-likeness (QED) is 0.409. The van der Waals surface area contributed by atoms with Crippen LogP contribution in [-0.2, 0) is 6.42 Å². The van der Waals surface area contributed by atoms with E-state index in [4.69, 9.17) is 4.42 Å². The van der Waals surface area contributed by atoms with Gasteiger partial charge in [0, 0.05) is 28.8 Å². The van der Waals surface area contributed by atoms with E-state index in [-0.39, 0.29) is 45.3 Å². The predicted octanol–water partition coefficient (Wildman–Crippen LogP) is 4.10.